The average Bonchev–Trinajstić information content (AvgIpc) is 3.02. The number of nitriles is 2. The van der Waals surface area contributed by atoms with Gasteiger partial charge in [0.1, 0.15) is 36.0 Å². The summed E-state index contributed by atoms with van der Waals surface area (Å²) < 4.78 is 16.3. The molecular formula is C34H42N4O5. The highest BCUT2D eigenvalue weighted by molar-refractivity contribution is 5.98. The van der Waals surface area contributed by atoms with Crippen molar-refractivity contribution in [2.75, 3.05) is 49.2 Å². The highest BCUT2D eigenvalue weighted by Gasteiger charge is 2.18. The molecule has 2 unspecified atom stereocenters. The summed E-state index contributed by atoms with van der Waals surface area (Å²) in [4.78, 5) is 29.5. The maximum Gasteiger partial charge on any atom is 0.349 e. The van der Waals surface area contributed by atoms with E-state index in [-0.39, 0.29) is 24.4 Å². The van der Waals surface area contributed by atoms with E-state index in [2.05, 4.69) is 37.5 Å². The molecule has 228 valence electrons. The summed E-state index contributed by atoms with van der Waals surface area (Å²) in [6.45, 7) is 15.1. The lowest BCUT2D eigenvalue weighted by molar-refractivity contribution is -0.149. The van der Waals surface area contributed by atoms with Gasteiger partial charge in [-0.05, 0) is 89.1 Å². The van der Waals surface area contributed by atoms with E-state index < -0.39 is 24.1 Å². The van der Waals surface area contributed by atoms with E-state index in [1.807, 2.05) is 60.7 Å². The molecular weight excluding hydrogens is 544 g/mol. The molecule has 2 rings (SSSR count). The average molecular weight is 587 g/mol. The van der Waals surface area contributed by atoms with Crippen molar-refractivity contribution < 1.29 is 23.8 Å². The van der Waals surface area contributed by atoms with Crippen molar-refractivity contribution in [2.24, 2.45) is 0 Å². The molecule has 0 spiro atoms. The van der Waals surface area contributed by atoms with E-state index in [4.69, 9.17) is 14.2 Å². The lowest BCUT2D eigenvalue weighted by Gasteiger charge is -2.20. The SMILES string of the molecule is CCN(CC)c1ccc(C=C(C#N)C(=O)OCC(C)OCC(C)OC(=O)C(C#N)=Cc2ccc(N(CC)CC)cc2)cc1. The molecule has 2 atom stereocenters. The Hall–Kier alpha value is -4.60. The Balaban J connectivity index is 1.86. The Labute approximate surface area is 255 Å². The topological polar surface area (TPSA) is 116 Å². The van der Waals surface area contributed by atoms with Gasteiger partial charge < -0.3 is 24.0 Å². The zero-order valence-corrected chi connectivity index (χ0v) is 26.0. The Morgan fingerprint density at radius 3 is 1.51 bits per heavy atom. The molecule has 0 aliphatic rings. The van der Waals surface area contributed by atoms with E-state index in [0.29, 0.717) is 11.1 Å². The molecule has 0 saturated carbocycles. The van der Waals surface area contributed by atoms with Crippen LogP contribution in [0.3, 0.4) is 0 Å². The lowest BCUT2D eigenvalue weighted by atomic mass is 10.1. The van der Waals surface area contributed by atoms with Crippen LogP contribution in [0.1, 0.15) is 52.7 Å². The van der Waals surface area contributed by atoms with E-state index in [1.54, 1.807) is 13.8 Å². The van der Waals surface area contributed by atoms with Gasteiger partial charge in [0.2, 0.25) is 0 Å². The molecule has 9 heteroatoms. The minimum atomic E-state index is -0.751. The molecule has 0 aliphatic heterocycles. The normalized spacial score (nSPS) is 12.8. The van der Waals surface area contributed by atoms with Gasteiger partial charge in [0.15, 0.2) is 0 Å². The predicted molar refractivity (Wildman–Crippen MR) is 169 cm³/mol. The smallest absolute Gasteiger partial charge is 0.349 e. The van der Waals surface area contributed by atoms with Crippen LogP contribution < -0.4 is 9.80 Å². The lowest BCUT2D eigenvalue weighted by Crippen LogP contribution is -2.26. The zero-order valence-electron chi connectivity index (χ0n) is 26.0. The third-order valence-corrected chi connectivity index (χ3v) is 6.72. The van der Waals surface area contributed by atoms with E-state index in [1.165, 1.54) is 12.2 Å². The first-order chi connectivity index (χ1) is 20.7. The van der Waals surface area contributed by atoms with Gasteiger partial charge in [-0.3, -0.25) is 0 Å². The predicted octanol–water partition coefficient (Wildman–Crippen LogP) is 5.77. The molecule has 0 aromatic heterocycles. The second-order valence-electron chi connectivity index (χ2n) is 9.83. The molecule has 43 heavy (non-hydrogen) atoms. The largest absolute Gasteiger partial charge is 0.459 e. The summed E-state index contributed by atoms with van der Waals surface area (Å²) in [6, 6.07) is 19.0. The Morgan fingerprint density at radius 1 is 0.698 bits per heavy atom. The summed E-state index contributed by atoms with van der Waals surface area (Å²) >= 11 is 0. The highest BCUT2D eigenvalue weighted by atomic mass is 16.6. The van der Waals surface area contributed by atoms with Gasteiger partial charge in [-0.15, -0.1) is 0 Å². The van der Waals surface area contributed by atoms with Crippen molar-refractivity contribution in [3.63, 3.8) is 0 Å². The van der Waals surface area contributed by atoms with Gasteiger partial charge in [-0.2, -0.15) is 10.5 Å². The number of ether oxygens (including phenoxy) is 3. The van der Waals surface area contributed by atoms with Crippen LogP contribution in [0.25, 0.3) is 12.2 Å². The number of hydrogen-bond donors (Lipinski definition) is 0. The number of esters is 2. The van der Waals surface area contributed by atoms with Crippen molar-refractivity contribution in [2.45, 2.75) is 53.8 Å². The molecule has 0 heterocycles. The molecule has 0 radical (unpaired) electrons. The first-order valence-electron chi connectivity index (χ1n) is 14.6. The zero-order chi connectivity index (χ0) is 31.8. The second kappa shape index (κ2) is 18.0. The molecule has 0 fully saturated rings. The summed E-state index contributed by atoms with van der Waals surface area (Å²) in [5.41, 5.74) is 3.31. The Morgan fingerprint density at radius 2 is 1.12 bits per heavy atom. The maximum atomic E-state index is 12.6. The van der Waals surface area contributed by atoms with E-state index >= 15 is 0 Å². The highest BCUT2D eigenvalue weighted by Crippen LogP contribution is 2.18. The number of anilines is 2. The quantitative estimate of drug-likeness (QED) is 0.137. The fourth-order valence-electron chi connectivity index (χ4n) is 4.25. The van der Waals surface area contributed by atoms with Gasteiger partial charge in [0.05, 0.1) is 12.7 Å². The molecule has 0 aliphatic carbocycles. The van der Waals surface area contributed by atoms with Gasteiger partial charge in [-0.1, -0.05) is 24.3 Å². The van der Waals surface area contributed by atoms with Crippen molar-refractivity contribution in [3.05, 3.63) is 70.8 Å². The van der Waals surface area contributed by atoms with Crippen LogP contribution in [0.4, 0.5) is 11.4 Å². The van der Waals surface area contributed by atoms with E-state index in [0.717, 1.165) is 37.6 Å². The molecule has 0 amide bonds. The number of hydrogen-bond acceptors (Lipinski definition) is 9. The van der Waals surface area contributed by atoms with Crippen molar-refractivity contribution in [1.29, 1.82) is 10.5 Å². The number of carbonyl (C=O) groups is 2. The molecule has 2 aromatic rings. The Bertz CT molecular complexity index is 1330. The molecule has 0 N–H and O–H groups in total. The summed E-state index contributed by atoms with van der Waals surface area (Å²) in [5, 5.41) is 19.0. The van der Waals surface area contributed by atoms with Crippen LogP contribution in [0.15, 0.2) is 59.7 Å². The van der Waals surface area contributed by atoms with Crippen molar-refractivity contribution in [1.82, 2.24) is 0 Å². The first kappa shape index (κ1) is 34.6. The van der Waals surface area contributed by atoms with Gasteiger partial charge in [0, 0.05) is 37.6 Å². The first-order valence-corrected chi connectivity index (χ1v) is 14.6. The van der Waals surface area contributed by atoms with Crippen LogP contribution in [0.2, 0.25) is 0 Å². The van der Waals surface area contributed by atoms with Gasteiger partial charge >= 0.3 is 11.9 Å². The van der Waals surface area contributed by atoms with Crippen LogP contribution in [-0.2, 0) is 23.8 Å². The molecule has 2 aromatic carbocycles. The summed E-state index contributed by atoms with van der Waals surface area (Å²) in [5.74, 6) is -1.50. The van der Waals surface area contributed by atoms with Gasteiger partial charge in [0.25, 0.3) is 0 Å². The van der Waals surface area contributed by atoms with Crippen molar-refractivity contribution in [3.8, 4) is 12.1 Å². The summed E-state index contributed by atoms with van der Waals surface area (Å²) in [6.07, 6.45) is 1.81. The van der Waals surface area contributed by atoms with Crippen LogP contribution in [0, 0.1) is 22.7 Å². The number of nitrogens with zero attached hydrogens (tertiary/aromatic N) is 4. The fraction of sp³-hybridized carbons (Fsp3) is 0.412. The minimum absolute atomic E-state index is 0.0293. The van der Waals surface area contributed by atoms with Crippen LogP contribution >= 0.6 is 0 Å². The number of benzene rings is 2. The number of rotatable bonds is 16. The fourth-order valence-corrected chi connectivity index (χ4v) is 4.25. The third-order valence-electron chi connectivity index (χ3n) is 6.72. The monoisotopic (exact) mass is 586 g/mol. The molecule has 0 bridgehead atoms. The second-order valence-corrected chi connectivity index (χ2v) is 9.83. The summed E-state index contributed by atoms with van der Waals surface area (Å²) in [7, 11) is 0. The minimum Gasteiger partial charge on any atom is -0.459 e. The molecule has 9 nitrogen and oxygen atoms in total. The van der Waals surface area contributed by atoms with E-state index in [9.17, 15) is 20.1 Å². The van der Waals surface area contributed by atoms with Gasteiger partial charge in [-0.25, -0.2) is 9.59 Å². The third kappa shape index (κ3) is 11.0. The van der Waals surface area contributed by atoms with Crippen LogP contribution in [0.5, 0.6) is 0 Å². The van der Waals surface area contributed by atoms with Crippen LogP contribution in [-0.4, -0.2) is 63.5 Å². The maximum absolute atomic E-state index is 12.6. The molecule has 0 saturated heterocycles. The Kier molecular flexibility index (Phi) is 14.5. The van der Waals surface area contributed by atoms with Crippen molar-refractivity contribution >= 4 is 35.5 Å². The standard InChI is InChI=1S/C34H42N4O5/c1-7-37(8-2)31-15-11-27(12-16-31)19-29(21-35)33(39)42-23-25(5)41-24-26(6)43-34(40)30(22-36)20-28-13-17-32(18-14-28)38(9-3)10-4/h11-20,25-26H,7-10,23-24H2,1-6H3. The number of carbonyl (C=O) groups excluding carboxylic acids is 2.